The minimum atomic E-state index is -0.195. The maximum atomic E-state index is 12.7. The average molecular weight is 400 g/mol. The van der Waals surface area contributed by atoms with Crippen LogP contribution in [0.1, 0.15) is 30.5 Å². The molecule has 2 bridgehead atoms. The summed E-state index contributed by atoms with van der Waals surface area (Å²) in [5.41, 5.74) is 3.25. The summed E-state index contributed by atoms with van der Waals surface area (Å²) in [4.78, 5) is 19.4. The number of nitrogens with one attached hydrogen (secondary N) is 1. The average Bonchev–Trinajstić information content (AvgIpc) is 3.15. The fourth-order valence-electron chi connectivity index (χ4n) is 4.14. The van der Waals surface area contributed by atoms with Crippen molar-refractivity contribution in [3.63, 3.8) is 0 Å². The standard InChI is InChI=1S/C19H23AsN3O2/c1-12-17(13-7-9-23(12)10-8-13)22-18(24)19-21-11-16(25-19)14-5-3-4-6-15(14)20-2/h3-6,11-13,17H,7-10H2,1-2H3,(H,22,24)/t12-,17-/m0/s1. The predicted molar refractivity (Wildman–Crippen MR) is 98.2 cm³/mol. The van der Waals surface area contributed by atoms with Gasteiger partial charge in [-0.05, 0) is 0 Å². The topological polar surface area (TPSA) is 58.4 Å². The van der Waals surface area contributed by atoms with E-state index in [2.05, 4.69) is 33.9 Å². The number of fused-ring (bicyclic) bond motifs is 3. The Balaban J connectivity index is 1.51. The number of piperidine rings is 3. The van der Waals surface area contributed by atoms with Gasteiger partial charge in [0.1, 0.15) is 0 Å². The molecule has 2 aromatic rings. The van der Waals surface area contributed by atoms with Crippen molar-refractivity contribution in [3.05, 3.63) is 36.4 Å². The van der Waals surface area contributed by atoms with Crippen LogP contribution in [0.4, 0.5) is 0 Å². The number of benzene rings is 1. The number of rotatable bonds is 4. The fraction of sp³-hybridized carbons (Fsp3) is 0.474. The van der Waals surface area contributed by atoms with Crippen molar-refractivity contribution in [2.45, 2.75) is 37.6 Å². The number of oxazole rings is 1. The Hall–Kier alpha value is -1.58. The zero-order valence-electron chi connectivity index (χ0n) is 14.6. The predicted octanol–water partition coefficient (Wildman–Crippen LogP) is 1.93. The van der Waals surface area contributed by atoms with Crippen molar-refractivity contribution in [2.24, 2.45) is 5.92 Å². The molecule has 3 aliphatic rings. The SMILES string of the molecule is C[As]c1ccccc1-c1cnc(C(=O)N[C@@H]2C3CCN(CC3)[C@H]2C)o1. The van der Waals surface area contributed by atoms with Crippen LogP contribution in [-0.2, 0) is 0 Å². The summed E-state index contributed by atoms with van der Waals surface area (Å²) in [6, 6.07) is 8.76. The third kappa shape index (κ3) is 3.16. The molecule has 6 heteroatoms. The summed E-state index contributed by atoms with van der Waals surface area (Å²) >= 11 is 0.0811. The van der Waals surface area contributed by atoms with Crippen LogP contribution in [0.3, 0.4) is 0 Å². The van der Waals surface area contributed by atoms with E-state index in [1.807, 2.05) is 18.2 Å². The van der Waals surface area contributed by atoms with Crippen LogP contribution in [0, 0.1) is 5.92 Å². The summed E-state index contributed by atoms with van der Waals surface area (Å²) < 4.78 is 7.09. The van der Waals surface area contributed by atoms with Gasteiger partial charge in [-0.3, -0.25) is 0 Å². The fourth-order valence-corrected chi connectivity index (χ4v) is 5.53. The van der Waals surface area contributed by atoms with E-state index in [1.165, 1.54) is 17.2 Å². The zero-order valence-corrected chi connectivity index (χ0v) is 16.5. The molecule has 1 amide bonds. The second-order valence-corrected chi connectivity index (χ2v) is 8.83. The molecule has 131 valence electrons. The maximum absolute atomic E-state index is 12.7. The van der Waals surface area contributed by atoms with Crippen molar-refractivity contribution in [2.75, 3.05) is 13.1 Å². The minimum absolute atomic E-state index is 0.0811. The molecule has 3 saturated heterocycles. The van der Waals surface area contributed by atoms with E-state index in [1.54, 1.807) is 6.20 Å². The molecule has 0 spiro atoms. The van der Waals surface area contributed by atoms with Gasteiger partial charge in [0.15, 0.2) is 0 Å². The Bertz CT molecular complexity index is 766. The molecule has 5 nitrogen and oxygen atoms in total. The van der Waals surface area contributed by atoms with E-state index < -0.39 is 0 Å². The Labute approximate surface area is 154 Å². The number of hydrogen-bond acceptors (Lipinski definition) is 4. The van der Waals surface area contributed by atoms with Gasteiger partial charge in [0, 0.05) is 0 Å². The number of aromatic nitrogens is 1. The summed E-state index contributed by atoms with van der Waals surface area (Å²) in [7, 11) is 0. The molecule has 1 radical (unpaired) electrons. The van der Waals surface area contributed by atoms with Crippen molar-refractivity contribution in [1.82, 2.24) is 15.2 Å². The van der Waals surface area contributed by atoms with Crippen LogP contribution in [0.2, 0.25) is 5.71 Å². The van der Waals surface area contributed by atoms with E-state index in [-0.39, 0.29) is 33.6 Å². The molecule has 0 aliphatic carbocycles. The monoisotopic (exact) mass is 400 g/mol. The van der Waals surface area contributed by atoms with E-state index in [4.69, 9.17) is 4.42 Å². The molecule has 1 N–H and O–H groups in total. The Morgan fingerprint density at radius 2 is 2.08 bits per heavy atom. The number of carbonyl (C=O) groups is 1. The normalized spacial score (nSPS) is 28.6. The first kappa shape index (κ1) is 16.9. The molecular formula is C19H23AsN3O2. The Morgan fingerprint density at radius 1 is 1.32 bits per heavy atom. The molecular weight excluding hydrogens is 377 g/mol. The third-order valence-electron chi connectivity index (χ3n) is 5.59. The quantitative estimate of drug-likeness (QED) is 0.797. The van der Waals surface area contributed by atoms with Gasteiger partial charge in [0.2, 0.25) is 0 Å². The van der Waals surface area contributed by atoms with Gasteiger partial charge in [0.05, 0.1) is 0 Å². The molecule has 2 atom stereocenters. The molecule has 25 heavy (non-hydrogen) atoms. The molecule has 1 aromatic carbocycles. The molecule has 1 aromatic heterocycles. The van der Waals surface area contributed by atoms with Crippen molar-refractivity contribution in [1.29, 1.82) is 0 Å². The Kier molecular flexibility index (Phi) is 4.70. The molecule has 0 saturated carbocycles. The van der Waals surface area contributed by atoms with E-state index >= 15 is 0 Å². The number of carbonyl (C=O) groups excluding carboxylic acids is 1. The molecule has 4 heterocycles. The van der Waals surface area contributed by atoms with Crippen molar-refractivity contribution >= 4 is 26.0 Å². The van der Waals surface area contributed by atoms with Crippen LogP contribution < -0.4 is 9.67 Å². The van der Waals surface area contributed by atoms with Crippen LogP contribution in [0.25, 0.3) is 11.3 Å². The molecule has 3 fully saturated rings. The first-order valence-electron chi connectivity index (χ1n) is 8.87. The van der Waals surface area contributed by atoms with Crippen LogP contribution >= 0.6 is 0 Å². The van der Waals surface area contributed by atoms with E-state index in [0.29, 0.717) is 17.7 Å². The Morgan fingerprint density at radius 3 is 2.80 bits per heavy atom. The second-order valence-electron chi connectivity index (χ2n) is 6.88. The van der Waals surface area contributed by atoms with Gasteiger partial charge in [-0.15, -0.1) is 0 Å². The number of amides is 1. The zero-order chi connectivity index (χ0) is 17.4. The first-order chi connectivity index (χ1) is 12.2. The molecule has 3 aliphatic heterocycles. The van der Waals surface area contributed by atoms with E-state index in [0.717, 1.165) is 18.7 Å². The summed E-state index contributed by atoms with van der Waals surface area (Å²) in [5, 5.41) is 3.18. The second kappa shape index (κ2) is 6.97. The van der Waals surface area contributed by atoms with Gasteiger partial charge >= 0.3 is 155 Å². The van der Waals surface area contributed by atoms with Gasteiger partial charge < -0.3 is 0 Å². The van der Waals surface area contributed by atoms with Gasteiger partial charge in [-0.2, -0.15) is 0 Å². The summed E-state index contributed by atoms with van der Waals surface area (Å²) in [6.45, 7) is 4.51. The summed E-state index contributed by atoms with van der Waals surface area (Å²) in [5.74, 6) is 1.23. The summed E-state index contributed by atoms with van der Waals surface area (Å²) in [6.07, 6.45) is 4.00. The van der Waals surface area contributed by atoms with Crippen molar-refractivity contribution < 1.29 is 9.21 Å². The van der Waals surface area contributed by atoms with Crippen molar-refractivity contribution in [3.8, 4) is 11.3 Å². The van der Waals surface area contributed by atoms with Crippen LogP contribution in [-0.4, -0.2) is 56.7 Å². The van der Waals surface area contributed by atoms with E-state index in [9.17, 15) is 4.79 Å². The van der Waals surface area contributed by atoms with Gasteiger partial charge in [-0.1, -0.05) is 0 Å². The van der Waals surface area contributed by atoms with Crippen LogP contribution in [0.15, 0.2) is 34.9 Å². The molecule has 0 unspecified atom stereocenters. The van der Waals surface area contributed by atoms with Crippen LogP contribution in [0.5, 0.6) is 0 Å². The number of hydrogen-bond donors (Lipinski definition) is 1. The number of nitrogens with zero attached hydrogens (tertiary/aromatic N) is 2. The third-order valence-corrected chi connectivity index (χ3v) is 7.41. The first-order valence-corrected chi connectivity index (χ1v) is 11.7. The molecule has 5 rings (SSSR count). The van der Waals surface area contributed by atoms with Gasteiger partial charge in [-0.25, -0.2) is 0 Å². The van der Waals surface area contributed by atoms with Gasteiger partial charge in [0.25, 0.3) is 0 Å².